The van der Waals surface area contributed by atoms with Gasteiger partial charge in [-0.05, 0) is 47.5 Å². The second kappa shape index (κ2) is 10.2. The molecule has 1 unspecified atom stereocenters. The van der Waals surface area contributed by atoms with E-state index in [4.69, 9.17) is 27.2 Å². The molecule has 180 valence electrons. The summed E-state index contributed by atoms with van der Waals surface area (Å²) in [7, 11) is -4.15. The molecule has 1 heterocycles. The van der Waals surface area contributed by atoms with Crippen LogP contribution < -0.4 is 10.5 Å². The normalized spacial score (nSPS) is 16.1. The zero-order chi connectivity index (χ0) is 25.0. The number of hydrogen-bond donors (Lipinski definition) is 2. The Bertz CT molecular complexity index is 1380. The highest BCUT2D eigenvalue weighted by Gasteiger charge is 2.31. The van der Waals surface area contributed by atoms with E-state index >= 15 is 0 Å². The van der Waals surface area contributed by atoms with Gasteiger partial charge in [0, 0.05) is 10.9 Å². The number of halogens is 1. The number of nitrogens with two attached hydrogens (primary N) is 1. The van der Waals surface area contributed by atoms with Crippen molar-refractivity contribution in [2.45, 2.75) is 10.8 Å². The Kier molecular flexibility index (Phi) is 7.04. The molecular formula is C24H21ClN4O5S. The van der Waals surface area contributed by atoms with E-state index in [-0.39, 0.29) is 22.5 Å². The van der Waals surface area contributed by atoms with Crippen LogP contribution >= 0.6 is 11.6 Å². The lowest BCUT2D eigenvalue weighted by Crippen LogP contribution is -2.33. The molecule has 0 bridgehead atoms. The molecule has 0 spiro atoms. The fourth-order valence-electron chi connectivity index (χ4n) is 3.55. The van der Waals surface area contributed by atoms with Crippen LogP contribution in [0, 0.1) is 0 Å². The number of aliphatic carboxylic acids is 1. The topological polar surface area (TPSA) is 135 Å². The summed E-state index contributed by atoms with van der Waals surface area (Å²) >= 11 is 6.03. The van der Waals surface area contributed by atoms with Crippen LogP contribution in [0.3, 0.4) is 0 Å². The van der Waals surface area contributed by atoms with E-state index in [1.807, 2.05) is 42.5 Å². The van der Waals surface area contributed by atoms with Crippen LogP contribution in [0.5, 0.6) is 5.75 Å². The predicted molar refractivity (Wildman–Crippen MR) is 132 cm³/mol. The monoisotopic (exact) mass is 512 g/mol. The first-order valence-electron chi connectivity index (χ1n) is 10.4. The fourth-order valence-corrected chi connectivity index (χ4v) is 4.60. The minimum Gasteiger partial charge on any atom is -0.482 e. The standard InChI is InChI=1S/C24H21ClN4O5S/c25-18-8-6-17(7-9-18)23-21(16-4-2-1-3-5-16)14-29(27-23)24(26)28-35(32,33)20-12-10-19(11-13-20)34-15-22(30)31/h1-13,21H,14-15H2,(H2,26,28)(H,30,31). The van der Waals surface area contributed by atoms with E-state index in [1.165, 1.54) is 29.3 Å². The van der Waals surface area contributed by atoms with Crippen molar-refractivity contribution < 1.29 is 23.1 Å². The summed E-state index contributed by atoms with van der Waals surface area (Å²) in [6.45, 7) is -0.239. The summed E-state index contributed by atoms with van der Waals surface area (Å²) in [5.41, 5.74) is 8.64. The number of rotatable bonds is 7. The molecule has 3 aromatic rings. The Morgan fingerprint density at radius 1 is 1.09 bits per heavy atom. The average Bonchev–Trinajstić information content (AvgIpc) is 3.29. The van der Waals surface area contributed by atoms with Crippen LogP contribution in [0.2, 0.25) is 5.02 Å². The summed E-state index contributed by atoms with van der Waals surface area (Å²) in [4.78, 5) is 10.5. The maximum Gasteiger partial charge on any atom is 0.341 e. The second-order valence-electron chi connectivity index (χ2n) is 7.62. The van der Waals surface area contributed by atoms with E-state index in [0.29, 0.717) is 17.3 Å². The first-order valence-corrected chi connectivity index (χ1v) is 12.3. The number of hydrogen-bond acceptors (Lipinski definition) is 5. The maximum absolute atomic E-state index is 12.8. The highest BCUT2D eigenvalue weighted by atomic mass is 35.5. The largest absolute Gasteiger partial charge is 0.482 e. The highest BCUT2D eigenvalue weighted by Crippen LogP contribution is 2.29. The van der Waals surface area contributed by atoms with E-state index in [0.717, 1.165) is 11.1 Å². The smallest absolute Gasteiger partial charge is 0.341 e. The molecular weight excluding hydrogens is 492 g/mol. The molecule has 0 aliphatic carbocycles. The van der Waals surface area contributed by atoms with Crippen LogP contribution in [-0.4, -0.2) is 49.3 Å². The van der Waals surface area contributed by atoms with Gasteiger partial charge in [0.05, 0.1) is 17.2 Å². The van der Waals surface area contributed by atoms with E-state index in [1.54, 1.807) is 12.1 Å². The lowest BCUT2D eigenvalue weighted by Gasteiger charge is -2.15. The molecule has 1 aliphatic rings. The Hall–Kier alpha value is -3.89. The minimum atomic E-state index is -4.15. The summed E-state index contributed by atoms with van der Waals surface area (Å²) < 4.78 is 34.4. The van der Waals surface area contributed by atoms with Gasteiger partial charge >= 0.3 is 5.97 Å². The zero-order valence-electron chi connectivity index (χ0n) is 18.3. The number of ether oxygens (including phenoxy) is 1. The van der Waals surface area contributed by atoms with Crippen LogP contribution in [0.15, 0.2) is 93.3 Å². The van der Waals surface area contributed by atoms with Crippen LogP contribution in [-0.2, 0) is 14.8 Å². The van der Waals surface area contributed by atoms with Crippen molar-refractivity contribution in [2.75, 3.05) is 13.2 Å². The van der Waals surface area contributed by atoms with E-state index < -0.39 is 22.6 Å². The van der Waals surface area contributed by atoms with Crippen molar-refractivity contribution in [1.29, 1.82) is 0 Å². The average molecular weight is 513 g/mol. The quantitative estimate of drug-likeness (QED) is 0.366. The molecule has 35 heavy (non-hydrogen) atoms. The predicted octanol–water partition coefficient (Wildman–Crippen LogP) is 3.31. The van der Waals surface area contributed by atoms with Gasteiger partial charge in [0.2, 0.25) is 5.96 Å². The molecule has 3 N–H and O–H groups in total. The zero-order valence-corrected chi connectivity index (χ0v) is 19.9. The third-order valence-electron chi connectivity index (χ3n) is 5.22. The molecule has 0 saturated carbocycles. The molecule has 0 amide bonds. The fraction of sp³-hybridized carbons (Fsp3) is 0.125. The number of carbonyl (C=O) groups is 1. The number of hydrazone groups is 1. The molecule has 9 nitrogen and oxygen atoms in total. The summed E-state index contributed by atoms with van der Waals surface area (Å²) in [5.74, 6) is -1.37. The van der Waals surface area contributed by atoms with Crippen molar-refractivity contribution in [3.63, 3.8) is 0 Å². The number of sulfonamides is 1. The second-order valence-corrected chi connectivity index (χ2v) is 9.66. The molecule has 0 radical (unpaired) electrons. The third kappa shape index (κ3) is 5.79. The molecule has 4 rings (SSSR count). The molecule has 1 aliphatic heterocycles. The lowest BCUT2D eigenvalue weighted by molar-refractivity contribution is -0.139. The number of guanidine groups is 1. The Balaban J connectivity index is 1.61. The van der Waals surface area contributed by atoms with Crippen LogP contribution in [0.25, 0.3) is 0 Å². The minimum absolute atomic E-state index is 0.121. The number of benzene rings is 3. The van der Waals surface area contributed by atoms with Gasteiger partial charge in [0.15, 0.2) is 6.61 Å². The molecule has 0 aromatic heterocycles. The number of carboxylic acid groups (broad SMARTS) is 1. The van der Waals surface area contributed by atoms with Crippen molar-refractivity contribution >= 4 is 39.3 Å². The van der Waals surface area contributed by atoms with Crippen molar-refractivity contribution in [2.24, 2.45) is 15.2 Å². The maximum atomic E-state index is 12.8. The molecule has 0 saturated heterocycles. The van der Waals surface area contributed by atoms with Crippen molar-refractivity contribution in [1.82, 2.24) is 5.01 Å². The number of nitrogens with zero attached hydrogens (tertiary/aromatic N) is 3. The number of carboxylic acids is 1. The molecule has 1 atom stereocenters. The lowest BCUT2D eigenvalue weighted by atomic mass is 9.91. The van der Waals surface area contributed by atoms with Crippen LogP contribution in [0.1, 0.15) is 17.0 Å². The molecule has 3 aromatic carbocycles. The Labute approximate surface area is 207 Å². The van der Waals surface area contributed by atoms with E-state index in [9.17, 15) is 13.2 Å². The van der Waals surface area contributed by atoms with Gasteiger partial charge < -0.3 is 15.6 Å². The van der Waals surface area contributed by atoms with Crippen LogP contribution in [0.4, 0.5) is 0 Å². The molecule has 0 fully saturated rings. The third-order valence-corrected chi connectivity index (χ3v) is 6.77. The van der Waals surface area contributed by atoms with Crippen molar-refractivity contribution in [3.05, 3.63) is 95.0 Å². The van der Waals surface area contributed by atoms with Crippen molar-refractivity contribution in [3.8, 4) is 5.75 Å². The summed E-state index contributed by atoms with van der Waals surface area (Å²) in [5, 5.41) is 15.2. The van der Waals surface area contributed by atoms with Gasteiger partial charge in [-0.3, -0.25) is 0 Å². The Morgan fingerprint density at radius 2 is 1.74 bits per heavy atom. The first-order chi connectivity index (χ1) is 16.7. The van der Waals surface area contributed by atoms with Gasteiger partial charge in [-0.1, -0.05) is 54.1 Å². The highest BCUT2D eigenvalue weighted by molar-refractivity contribution is 7.90. The summed E-state index contributed by atoms with van der Waals surface area (Å²) in [6, 6.07) is 22.1. The van der Waals surface area contributed by atoms with Gasteiger partial charge in [-0.2, -0.15) is 13.5 Å². The SMILES string of the molecule is N/C(=N\S(=O)(=O)c1ccc(OCC(=O)O)cc1)N1CC(c2ccccc2)C(c2ccc(Cl)cc2)=N1. The van der Waals surface area contributed by atoms with Gasteiger partial charge in [-0.15, -0.1) is 4.40 Å². The van der Waals surface area contributed by atoms with Gasteiger partial charge in [-0.25, -0.2) is 9.80 Å². The van der Waals surface area contributed by atoms with Gasteiger partial charge in [0.25, 0.3) is 10.0 Å². The van der Waals surface area contributed by atoms with Gasteiger partial charge in [0.1, 0.15) is 5.75 Å². The first kappa shape index (κ1) is 24.2. The molecule has 11 heteroatoms. The van der Waals surface area contributed by atoms with E-state index in [2.05, 4.69) is 9.50 Å². The Morgan fingerprint density at radius 3 is 2.37 bits per heavy atom. The summed E-state index contributed by atoms with van der Waals surface area (Å²) in [6.07, 6.45) is 0.